The van der Waals surface area contributed by atoms with Crippen molar-refractivity contribution in [1.29, 1.82) is 0 Å². The van der Waals surface area contributed by atoms with Crippen molar-refractivity contribution >= 4 is 23.4 Å². The maximum absolute atomic E-state index is 13.1. The third kappa shape index (κ3) is 4.62. The molecule has 1 aromatic heterocycles. The van der Waals surface area contributed by atoms with Crippen molar-refractivity contribution in [3.63, 3.8) is 0 Å². The lowest BCUT2D eigenvalue weighted by Crippen LogP contribution is -2.51. The quantitative estimate of drug-likeness (QED) is 0.592. The molecule has 0 saturated carbocycles. The molecule has 1 atom stereocenters. The van der Waals surface area contributed by atoms with Crippen LogP contribution in [0.15, 0.2) is 54.6 Å². The number of fused-ring (bicyclic) bond motifs is 1. The Labute approximate surface area is 196 Å². The van der Waals surface area contributed by atoms with E-state index in [-0.39, 0.29) is 24.5 Å². The van der Waals surface area contributed by atoms with Crippen molar-refractivity contribution in [2.75, 3.05) is 26.2 Å². The van der Waals surface area contributed by atoms with Gasteiger partial charge in [-0.1, -0.05) is 59.3 Å². The Kier molecular flexibility index (Phi) is 6.11. The third-order valence-electron chi connectivity index (χ3n) is 6.16. The highest BCUT2D eigenvalue weighted by atomic mass is 35.5. The first-order valence-electron chi connectivity index (χ1n) is 11.0. The smallest absolute Gasteiger partial charge is 0.276 e. The zero-order valence-corrected chi connectivity index (χ0v) is 18.8. The lowest BCUT2D eigenvalue weighted by Gasteiger charge is -2.34. The minimum absolute atomic E-state index is 0.0470. The molecule has 1 saturated heterocycles. The molecule has 170 valence electrons. The Bertz CT molecular complexity index is 1140. The van der Waals surface area contributed by atoms with Gasteiger partial charge in [0.1, 0.15) is 6.10 Å². The first-order chi connectivity index (χ1) is 16.1. The predicted molar refractivity (Wildman–Crippen MR) is 122 cm³/mol. The maximum Gasteiger partial charge on any atom is 0.276 e. The summed E-state index contributed by atoms with van der Waals surface area (Å²) in [5.41, 5.74) is 3.04. The average Bonchev–Trinajstić information content (AvgIpc) is 3.29. The molecule has 5 rings (SSSR count). The molecule has 2 aliphatic rings. The van der Waals surface area contributed by atoms with Crippen molar-refractivity contribution in [3.05, 3.63) is 82.1 Å². The molecule has 2 aliphatic heterocycles. The van der Waals surface area contributed by atoms with Gasteiger partial charge < -0.3 is 14.5 Å². The van der Waals surface area contributed by atoms with Gasteiger partial charge in [-0.15, -0.1) is 5.10 Å². The highest BCUT2D eigenvalue weighted by Gasteiger charge is 2.32. The van der Waals surface area contributed by atoms with E-state index in [0.717, 1.165) is 11.1 Å². The number of nitrogens with zero attached hydrogens (tertiary/aromatic N) is 5. The Balaban J connectivity index is 1.18. The molecule has 8 nitrogen and oxygen atoms in total. The number of carbonyl (C=O) groups excluding carboxylic acids is 2. The standard InChI is InChI=1S/C24H24ClN5O3/c25-19-8-6-17(7-9-19)14-22(31)28-10-12-29(13-11-28)24(32)23-20-16-33-21(15-30(20)27-26-23)18-4-2-1-3-5-18/h1-9,21H,10-16H2/t21-/m1/s1. The molecule has 3 aromatic rings. The van der Waals surface area contributed by atoms with Gasteiger partial charge in [0.25, 0.3) is 5.91 Å². The van der Waals surface area contributed by atoms with E-state index in [0.29, 0.717) is 55.6 Å². The zero-order chi connectivity index (χ0) is 22.8. The highest BCUT2D eigenvalue weighted by Crippen LogP contribution is 2.27. The van der Waals surface area contributed by atoms with Gasteiger partial charge in [-0.2, -0.15) is 0 Å². The number of piperazine rings is 1. The molecule has 3 heterocycles. The lowest BCUT2D eigenvalue weighted by molar-refractivity contribution is -0.131. The van der Waals surface area contributed by atoms with Crippen LogP contribution in [0.25, 0.3) is 0 Å². The summed E-state index contributed by atoms with van der Waals surface area (Å²) >= 11 is 5.91. The lowest BCUT2D eigenvalue weighted by atomic mass is 10.1. The Morgan fingerprint density at radius 3 is 2.39 bits per heavy atom. The van der Waals surface area contributed by atoms with Crippen LogP contribution in [-0.2, 0) is 29.1 Å². The summed E-state index contributed by atoms with van der Waals surface area (Å²) in [6, 6.07) is 17.2. The van der Waals surface area contributed by atoms with E-state index < -0.39 is 0 Å². The number of ether oxygens (including phenoxy) is 1. The first kappa shape index (κ1) is 21.6. The third-order valence-corrected chi connectivity index (χ3v) is 6.41. The van der Waals surface area contributed by atoms with Crippen LogP contribution in [0.1, 0.15) is 33.4 Å². The van der Waals surface area contributed by atoms with Crippen LogP contribution in [0.4, 0.5) is 0 Å². The average molecular weight is 466 g/mol. The fourth-order valence-corrected chi connectivity index (χ4v) is 4.37. The molecular weight excluding hydrogens is 442 g/mol. The summed E-state index contributed by atoms with van der Waals surface area (Å²) in [6.45, 7) is 2.72. The van der Waals surface area contributed by atoms with E-state index in [9.17, 15) is 9.59 Å². The van der Waals surface area contributed by atoms with E-state index >= 15 is 0 Å². The molecule has 0 spiro atoms. The molecule has 2 amide bonds. The number of hydrogen-bond donors (Lipinski definition) is 0. The minimum atomic E-state index is -0.164. The second-order valence-electron chi connectivity index (χ2n) is 8.25. The summed E-state index contributed by atoms with van der Waals surface area (Å²) < 4.78 is 7.77. The van der Waals surface area contributed by atoms with Crippen molar-refractivity contribution in [2.24, 2.45) is 0 Å². The molecule has 2 aromatic carbocycles. The van der Waals surface area contributed by atoms with Crippen molar-refractivity contribution in [2.45, 2.75) is 25.7 Å². The minimum Gasteiger partial charge on any atom is -0.365 e. The van der Waals surface area contributed by atoms with E-state index in [1.54, 1.807) is 26.6 Å². The molecule has 9 heteroatoms. The number of amides is 2. The maximum atomic E-state index is 13.1. The zero-order valence-electron chi connectivity index (χ0n) is 18.1. The molecule has 0 aliphatic carbocycles. The van der Waals surface area contributed by atoms with Crippen LogP contribution in [0.2, 0.25) is 5.02 Å². The Hall–Kier alpha value is -3.23. The fraction of sp³-hybridized carbons (Fsp3) is 0.333. The van der Waals surface area contributed by atoms with Crippen LogP contribution in [0.3, 0.4) is 0 Å². The Morgan fingerprint density at radius 1 is 0.970 bits per heavy atom. The Morgan fingerprint density at radius 2 is 1.67 bits per heavy atom. The monoisotopic (exact) mass is 465 g/mol. The van der Waals surface area contributed by atoms with Crippen molar-refractivity contribution < 1.29 is 14.3 Å². The SMILES string of the molecule is O=C(Cc1ccc(Cl)cc1)N1CCN(C(=O)c2nnn3c2CO[C@@H](c2ccccc2)C3)CC1. The van der Waals surface area contributed by atoms with Gasteiger partial charge in [-0.25, -0.2) is 4.68 Å². The fourth-order valence-electron chi connectivity index (χ4n) is 4.24. The molecule has 0 radical (unpaired) electrons. The topological polar surface area (TPSA) is 80.6 Å². The summed E-state index contributed by atoms with van der Waals surface area (Å²) in [4.78, 5) is 29.3. The van der Waals surface area contributed by atoms with Gasteiger partial charge in [0.05, 0.1) is 25.3 Å². The predicted octanol–water partition coefficient (Wildman–Crippen LogP) is 2.73. The highest BCUT2D eigenvalue weighted by molar-refractivity contribution is 6.30. The molecule has 1 fully saturated rings. The number of aromatic nitrogens is 3. The number of halogens is 1. The molecule has 33 heavy (non-hydrogen) atoms. The van der Waals surface area contributed by atoms with Crippen LogP contribution < -0.4 is 0 Å². The van der Waals surface area contributed by atoms with Crippen LogP contribution >= 0.6 is 11.6 Å². The molecular formula is C24H24ClN5O3. The second kappa shape index (κ2) is 9.33. The summed E-state index contributed by atoms with van der Waals surface area (Å²) in [5.74, 6) is -0.117. The van der Waals surface area contributed by atoms with Crippen LogP contribution in [-0.4, -0.2) is 62.8 Å². The number of carbonyl (C=O) groups is 2. The van der Waals surface area contributed by atoms with Crippen molar-refractivity contribution in [1.82, 2.24) is 24.8 Å². The van der Waals surface area contributed by atoms with Crippen molar-refractivity contribution in [3.8, 4) is 0 Å². The summed E-state index contributed by atoms with van der Waals surface area (Å²) in [5, 5.41) is 9.03. The molecule has 0 bridgehead atoms. The summed E-state index contributed by atoms with van der Waals surface area (Å²) in [7, 11) is 0. The van der Waals surface area contributed by atoms with Crippen LogP contribution in [0, 0.1) is 0 Å². The van der Waals surface area contributed by atoms with Gasteiger partial charge in [-0.3, -0.25) is 9.59 Å². The first-order valence-corrected chi connectivity index (χ1v) is 11.4. The largest absolute Gasteiger partial charge is 0.365 e. The van der Waals surface area contributed by atoms with E-state index in [1.165, 1.54) is 0 Å². The van der Waals surface area contributed by atoms with E-state index in [1.807, 2.05) is 42.5 Å². The normalized spacial score (nSPS) is 18.2. The van der Waals surface area contributed by atoms with Gasteiger partial charge in [0.2, 0.25) is 5.91 Å². The summed E-state index contributed by atoms with van der Waals surface area (Å²) in [6.07, 6.45) is 0.210. The van der Waals surface area contributed by atoms with E-state index in [2.05, 4.69) is 10.3 Å². The van der Waals surface area contributed by atoms with Gasteiger partial charge in [0.15, 0.2) is 5.69 Å². The van der Waals surface area contributed by atoms with Gasteiger partial charge in [-0.05, 0) is 23.3 Å². The number of rotatable bonds is 4. The van der Waals surface area contributed by atoms with E-state index in [4.69, 9.17) is 16.3 Å². The second-order valence-corrected chi connectivity index (χ2v) is 8.69. The van der Waals surface area contributed by atoms with Gasteiger partial charge in [0, 0.05) is 31.2 Å². The van der Waals surface area contributed by atoms with Crippen LogP contribution in [0.5, 0.6) is 0 Å². The molecule has 0 unspecified atom stereocenters. The molecule has 0 N–H and O–H groups in total. The number of hydrogen-bond acceptors (Lipinski definition) is 5. The van der Waals surface area contributed by atoms with Gasteiger partial charge >= 0.3 is 0 Å². The number of benzene rings is 2.